The van der Waals surface area contributed by atoms with E-state index >= 15 is 0 Å². The summed E-state index contributed by atoms with van der Waals surface area (Å²) >= 11 is 0. The van der Waals surface area contributed by atoms with Crippen molar-refractivity contribution in [1.29, 1.82) is 0 Å². The van der Waals surface area contributed by atoms with Crippen LogP contribution >= 0.6 is 0 Å². The summed E-state index contributed by atoms with van der Waals surface area (Å²) in [4.78, 5) is 2.53. The number of fused-ring (bicyclic) bond motifs is 1. The van der Waals surface area contributed by atoms with E-state index in [0.717, 1.165) is 25.9 Å². The van der Waals surface area contributed by atoms with Crippen LogP contribution in [0.5, 0.6) is 0 Å². The second kappa shape index (κ2) is 3.04. The van der Waals surface area contributed by atoms with Crippen molar-refractivity contribution in [2.45, 2.75) is 65.3 Å². The fourth-order valence-corrected chi connectivity index (χ4v) is 4.14. The molecule has 0 radical (unpaired) electrons. The molecule has 1 saturated carbocycles. The molecule has 3 rings (SSSR count). The largest absolute Gasteiger partial charge is 0.297 e. The molecule has 2 saturated heterocycles. The first-order valence-electron chi connectivity index (χ1n) is 7.92. The van der Waals surface area contributed by atoms with Crippen molar-refractivity contribution >= 4 is 0 Å². The Kier molecular flexibility index (Phi) is 1.70. The van der Waals surface area contributed by atoms with Crippen LogP contribution in [0.2, 0.25) is 0 Å². The van der Waals surface area contributed by atoms with Gasteiger partial charge >= 0.3 is 0 Å². The van der Waals surface area contributed by atoms with E-state index in [1.807, 2.05) is 0 Å². The van der Waals surface area contributed by atoms with Crippen LogP contribution in [0.15, 0.2) is 0 Å². The predicted octanol–water partition coefficient (Wildman–Crippen LogP) is 3.69. The lowest BCUT2D eigenvalue weighted by Gasteiger charge is -2.44. The lowest BCUT2D eigenvalue weighted by atomic mass is 9.66. The Bertz CT molecular complexity index is 371. The quantitative estimate of drug-likeness (QED) is 0.690. The fraction of sp³-hybridized carbons (Fsp3) is 1.00. The molecule has 1 aliphatic carbocycles. The van der Waals surface area contributed by atoms with Crippen molar-refractivity contribution in [3.63, 3.8) is 0 Å². The Morgan fingerprint density at radius 3 is 2.50 bits per heavy atom. The first kappa shape index (κ1) is 8.97. The summed E-state index contributed by atoms with van der Waals surface area (Å²) in [6.07, 6.45) is 3.82. The van der Waals surface area contributed by atoms with Crippen molar-refractivity contribution < 1.29 is 2.74 Å². The third-order valence-electron chi connectivity index (χ3n) is 5.31. The highest BCUT2D eigenvalue weighted by Gasteiger charge is 2.65. The van der Waals surface area contributed by atoms with Gasteiger partial charge in [0, 0.05) is 14.8 Å². The standard InChI is InChI=1S/C15H27N/c1-12(2)9-15-10-14(5-6-14)11-16(15)8-7-13(15,3)4/h12H,5-11H2,1-4H3/t15-/m1/s1/i9D2. The molecule has 0 bridgehead atoms. The van der Waals surface area contributed by atoms with E-state index in [1.54, 1.807) is 0 Å². The van der Waals surface area contributed by atoms with Crippen LogP contribution in [0.1, 0.15) is 62.5 Å². The number of nitrogens with zero attached hydrogens (tertiary/aromatic N) is 1. The van der Waals surface area contributed by atoms with Crippen molar-refractivity contribution in [2.24, 2.45) is 16.7 Å². The zero-order valence-corrected chi connectivity index (χ0v) is 11.3. The summed E-state index contributed by atoms with van der Waals surface area (Å²) in [5.74, 6) is 0.0891. The van der Waals surface area contributed by atoms with Gasteiger partial charge in [0.2, 0.25) is 0 Å². The van der Waals surface area contributed by atoms with Crippen molar-refractivity contribution in [3.8, 4) is 0 Å². The second-order valence-corrected chi connectivity index (χ2v) is 7.39. The predicted molar refractivity (Wildman–Crippen MR) is 68.4 cm³/mol. The van der Waals surface area contributed by atoms with Gasteiger partial charge in [0.25, 0.3) is 0 Å². The third-order valence-corrected chi connectivity index (χ3v) is 5.31. The summed E-state index contributed by atoms with van der Waals surface area (Å²) < 4.78 is 17.6. The zero-order chi connectivity index (χ0) is 13.4. The Hall–Kier alpha value is -0.0400. The van der Waals surface area contributed by atoms with E-state index in [2.05, 4.69) is 32.6 Å². The number of rotatable bonds is 2. The minimum absolute atomic E-state index is 0.0891. The van der Waals surface area contributed by atoms with Gasteiger partial charge in [-0.3, -0.25) is 4.90 Å². The van der Waals surface area contributed by atoms with E-state index in [1.165, 1.54) is 12.8 Å². The van der Waals surface area contributed by atoms with Gasteiger partial charge < -0.3 is 0 Å². The molecule has 0 N–H and O–H groups in total. The number of hydrogen-bond acceptors (Lipinski definition) is 1. The minimum atomic E-state index is -1.08. The van der Waals surface area contributed by atoms with E-state index in [-0.39, 0.29) is 16.9 Å². The maximum atomic E-state index is 8.78. The summed E-state index contributed by atoms with van der Waals surface area (Å²) in [7, 11) is 0. The van der Waals surface area contributed by atoms with Gasteiger partial charge in [0.05, 0.1) is 0 Å². The third kappa shape index (κ3) is 1.33. The molecule has 3 fully saturated rings. The molecule has 0 aromatic heterocycles. The zero-order valence-electron chi connectivity index (χ0n) is 13.3. The lowest BCUT2D eigenvalue weighted by Crippen LogP contribution is -2.48. The van der Waals surface area contributed by atoms with Crippen LogP contribution in [-0.2, 0) is 0 Å². The Balaban J connectivity index is 2.08. The van der Waals surface area contributed by atoms with Crippen LogP contribution in [0.4, 0.5) is 0 Å². The summed E-state index contributed by atoms with van der Waals surface area (Å²) in [5.41, 5.74) is 0.372. The fourth-order valence-electron chi connectivity index (χ4n) is 4.14. The van der Waals surface area contributed by atoms with Crippen LogP contribution in [-0.4, -0.2) is 23.5 Å². The van der Waals surface area contributed by atoms with E-state index in [0.29, 0.717) is 5.41 Å². The molecule has 1 nitrogen and oxygen atoms in total. The molecule has 1 heteroatoms. The lowest BCUT2D eigenvalue weighted by molar-refractivity contribution is 0.0693. The normalized spacial score (nSPS) is 42.3. The molecule has 0 aromatic rings. The summed E-state index contributed by atoms with van der Waals surface area (Å²) in [6, 6.07) is 0. The van der Waals surface area contributed by atoms with Gasteiger partial charge in [-0.1, -0.05) is 27.7 Å². The molecule has 16 heavy (non-hydrogen) atoms. The van der Waals surface area contributed by atoms with Crippen molar-refractivity contribution in [1.82, 2.24) is 4.90 Å². The topological polar surface area (TPSA) is 3.24 Å². The van der Waals surface area contributed by atoms with Gasteiger partial charge in [-0.05, 0) is 55.3 Å². The highest BCUT2D eigenvalue weighted by atomic mass is 15.3. The minimum Gasteiger partial charge on any atom is -0.297 e. The molecule has 1 spiro atoms. The van der Waals surface area contributed by atoms with Crippen LogP contribution < -0.4 is 0 Å². The average Bonchev–Trinajstić information content (AvgIpc) is 2.80. The van der Waals surface area contributed by atoms with Crippen molar-refractivity contribution in [2.75, 3.05) is 13.1 Å². The molecular weight excluding hydrogens is 194 g/mol. The molecule has 2 aliphatic heterocycles. The first-order chi connectivity index (χ1) is 8.17. The highest BCUT2D eigenvalue weighted by molar-refractivity contribution is 5.19. The molecule has 1 atom stereocenters. The van der Waals surface area contributed by atoms with Gasteiger partial charge in [-0.15, -0.1) is 0 Å². The Labute approximate surface area is 103 Å². The highest BCUT2D eigenvalue weighted by Crippen LogP contribution is 2.66. The van der Waals surface area contributed by atoms with Gasteiger partial charge in [0.15, 0.2) is 0 Å². The summed E-state index contributed by atoms with van der Waals surface area (Å²) in [5, 5.41) is 0. The van der Waals surface area contributed by atoms with E-state index < -0.39 is 6.37 Å². The molecule has 0 unspecified atom stereocenters. The molecule has 3 aliphatic rings. The molecule has 92 valence electrons. The van der Waals surface area contributed by atoms with E-state index in [4.69, 9.17) is 2.74 Å². The van der Waals surface area contributed by atoms with E-state index in [9.17, 15) is 0 Å². The Morgan fingerprint density at radius 1 is 1.25 bits per heavy atom. The van der Waals surface area contributed by atoms with Crippen LogP contribution in [0.3, 0.4) is 0 Å². The molecule has 0 aromatic carbocycles. The van der Waals surface area contributed by atoms with Crippen LogP contribution in [0.25, 0.3) is 0 Å². The number of hydrogen-bond donors (Lipinski definition) is 0. The molecule has 2 heterocycles. The second-order valence-electron chi connectivity index (χ2n) is 7.39. The van der Waals surface area contributed by atoms with Gasteiger partial charge in [-0.25, -0.2) is 0 Å². The van der Waals surface area contributed by atoms with Crippen molar-refractivity contribution in [3.05, 3.63) is 0 Å². The van der Waals surface area contributed by atoms with Gasteiger partial charge in [-0.2, -0.15) is 0 Å². The summed E-state index contributed by atoms with van der Waals surface area (Å²) in [6.45, 7) is 11.0. The smallest absolute Gasteiger partial charge is 0.0288 e. The maximum Gasteiger partial charge on any atom is 0.0288 e. The average molecular weight is 223 g/mol. The SMILES string of the molecule is [2H]C([2H])(C(C)C)[C@]12CC3(CC3)CN1CCC2(C)C. The Morgan fingerprint density at radius 2 is 1.94 bits per heavy atom. The monoisotopic (exact) mass is 223 g/mol. The first-order valence-corrected chi connectivity index (χ1v) is 6.92. The molecular formula is C15H27N. The molecule has 0 amide bonds. The van der Waals surface area contributed by atoms with Crippen LogP contribution in [0, 0.1) is 16.7 Å². The van der Waals surface area contributed by atoms with Gasteiger partial charge in [0.1, 0.15) is 0 Å². The maximum absolute atomic E-state index is 8.78.